The molecule has 1 heterocycles. The Bertz CT molecular complexity index is 496. The van der Waals surface area contributed by atoms with Gasteiger partial charge >= 0.3 is 0 Å². The van der Waals surface area contributed by atoms with Gasteiger partial charge < -0.3 is 27.5 Å². The number of nitrogens with one attached hydrogen (secondary N) is 1. The SMILES string of the molecule is C[N-]/C(N)=N/N=C/c1ccc(/C=N/N=C(N)N)[nH]1.[Ho]. The molecule has 19 heavy (non-hydrogen) atoms. The average Bonchev–Trinajstić information content (AvgIpc) is 2.76. The van der Waals surface area contributed by atoms with Crippen molar-refractivity contribution in [3.8, 4) is 0 Å². The quantitative estimate of drug-likeness (QED) is 0.222. The third kappa shape index (κ3) is 7.44. The minimum absolute atomic E-state index is 0. The number of rotatable bonds is 4. The van der Waals surface area contributed by atoms with Gasteiger partial charge in [0, 0.05) is 43.7 Å². The first kappa shape index (κ1) is 17.4. The minimum atomic E-state index is -0.104. The van der Waals surface area contributed by atoms with E-state index in [4.69, 9.17) is 17.2 Å². The maximum atomic E-state index is 5.34. The van der Waals surface area contributed by atoms with E-state index >= 15 is 0 Å². The number of nitrogens with zero attached hydrogens (tertiary/aromatic N) is 5. The number of aromatic amines is 1. The third-order valence-electron chi connectivity index (χ3n) is 1.69. The molecule has 0 bridgehead atoms. The summed E-state index contributed by atoms with van der Waals surface area (Å²) < 4.78 is 0. The predicted molar refractivity (Wildman–Crippen MR) is 72.7 cm³/mol. The molecule has 7 N–H and O–H groups in total. The van der Waals surface area contributed by atoms with Crippen LogP contribution < -0.4 is 17.2 Å². The Kier molecular flexibility index (Phi) is 8.58. The topological polar surface area (TPSA) is 157 Å². The van der Waals surface area contributed by atoms with Gasteiger partial charge in [0.25, 0.3) is 0 Å². The minimum Gasteiger partial charge on any atom is -0.452 e. The summed E-state index contributed by atoms with van der Waals surface area (Å²) in [5, 5.41) is 18.1. The normalized spacial score (nSPS) is 11.5. The maximum absolute atomic E-state index is 5.34. The van der Waals surface area contributed by atoms with Crippen molar-refractivity contribution in [1.29, 1.82) is 0 Å². The van der Waals surface area contributed by atoms with E-state index in [1.54, 1.807) is 12.1 Å². The molecule has 0 aliphatic rings. The number of aromatic nitrogens is 1. The second-order valence-electron chi connectivity index (χ2n) is 3.06. The Morgan fingerprint density at radius 2 is 1.63 bits per heavy atom. The first-order valence-electron chi connectivity index (χ1n) is 4.89. The first-order chi connectivity index (χ1) is 8.61. The van der Waals surface area contributed by atoms with Crippen molar-refractivity contribution in [2.45, 2.75) is 0 Å². The van der Waals surface area contributed by atoms with Crippen molar-refractivity contribution in [3.05, 3.63) is 28.8 Å². The summed E-state index contributed by atoms with van der Waals surface area (Å²) in [7, 11) is 1.53. The van der Waals surface area contributed by atoms with Crippen molar-refractivity contribution in [3.63, 3.8) is 0 Å². The smallest absolute Gasteiger partial charge is 0.211 e. The standard InChI is InChI=1S/C9H14N9.Ho/c1-13-9(12)18-15-5-7-3-2-6(16-7)4-14-17-8(10)11;/h2-5,16H,1H3,(H6-,10,11,12,13,17,18);/q-1;/b14-4+,15-5+;. The summed E-state index contributed by atoms with van der Waals surface area (Å²) in [4.78, 5) is 2.99. The molecule has 1 aromatic heterocycles. The summed E-state index contributed by atoms with van der Waals surface area (Å²) in [5.41, 5.74) is 17.0. The summed E-state index contributed by atoms with van der Waals surface area (Å²) >= 11 is 0. The Morgan fingerprint density at radius 3 is 2.11 bits per heavy atom. The molecule has 0 spiro atoms. The van der Waals surface area contributed by atoms with E-state index in [1.807, 2.05) is 0 Å². The zero-order chi connectivity index (χ0) is 13.4. The van der Waals surface area contributed by atoms with Crippen LogP contribution in [0.15, 0.2) is 32.5 Å². The monoisotopic (exact) mass is 413 g/mol. The molecule has 0 saturated heterocycles. The largest absolute Gasteiger partial charge is 0.452 e. The molecule has 0 atom stereocenters. The fraction of sp³-hybridized carbons (Fsp3) is 0.111. The molecular formula is C9H14HoN9-. The Hall–Kier alpha value is -1.58. The van der Waals surface area contributed by atoms with Crippen LogP contribution in [0.2, 0.25) is 0 Å². The van der Waals surface area contributed by atoms with Gasteiger partial charge in [0.2, 0.25) is 5.96 Å². The van der Waals surface area contributed by atoms with Crippen LogP contribution in [-0.4, -0.2) is 36.4 Å². The number of H-pyrrole nitrogens is 1. The fourth-order valence-corrected chi connectivity index (χ4v) is 0.933. The van der Waals surface area contributed by atoms with Crippen molar-refractivity contribution in [2.75, 3.05) is 7.05 Å². The molecule has 107 valence electrons. The van der Waals surface area contributed by atoms with Gasteiger partial charge in [-0.25, -0.2) is 5.10 Å². The van der Waals surface area contributed by atoms with Crippen LogP contribution >= 0.6 is 0 Å². The van der Waals surface area contributed by atoms with Gasteiger partial charge in [-0.15, -0.1) is 5.10 Å². The van der Waals surface area contributed by atoms with Gasteiger partial charge in [-0.1, -0.05) is 0 Å². The van der Waals surface area contributed by atoms with Gasteiger partial charge in [0.15, 0.2) is 0 Å². The van der Waals surface area contributed by atoms with Gasteiger partial charge in [0.1, 0.15) is 0 Å². The van der Waals surface area contributed by atoms with Gasteiger partial charge in [-0.05, 0) is 19.2 Å². The summed E-state index contributed by atoms with van der Waals surface area (Å²) in [6.45, 7) is 0. The molecule has 0 aliphatic carbocycles. The van der Waals surface area contributed by atoms with Crippen LogP contribution in [0.25, 0.3) is 5.32 Å². The van der Waals surface area contributed by atoms with Crippen LogP contribution in [0.5, 0.6) is 0 Å². The van der Waals surface area contributed by atoms with Crippen LogP contribution in [0.1, 0.15) is 11.4 Å². The molecule has 0 amide bonds. The second kappa shape index (κ2) is 9.36. The number of hydrogen-bond donors (Lipinski definition) is 4. The van der Waals surface area contributed by atoms with Crippen LogP contribution in [0, 0.1) is 37.7 Å². The van der Waals surface area contributed by atoms with Crippen LogP contribution in [0.3, 0.4) is 0 Å². The molecule has 1 aromatic rings. The summed E-state index contributed by atoms with van der Waals surface area (Å²) in [5.74, 6) is 0.0000652. The molecule has 10 heteroatoms. The molecule has 0 aromatic carbocycles. The summed E-state index contributed by atoms with van der Waals surface area (Å²) in [6, 6.07) is 3.57. The molecule has 0 saturated carbocycles. The second-order valence-corrected chi connectivity index (χ2v) is 3.06. The van der Waals surface area contributed by atoms with E-state index < -0.39 is 0 Å². The predicted octanol–water partition coefficient (Wildman–Crippen LogP) is -0.726. The fourth-order valence-electron chi connectivity index (χ4n) is 0.933. The van der Waals surface area contributed by atoms with E-state index in [0.29, 0.717) is 0 Å². The van der Waals surface area contributed by atoms with Crippen LogP contribution in [-0.2, 0) is 0 Å². The Morgan fingerprint density at radius 1 is 1.11 bits per heavy atom. The Labute approximate surface area is 140 Å². The molecule has 9 nitrogen and oxygen atoms in total. The van der Waals surface area contributed by atoms with Crippen molar-refractivity contribution >= 4 is 24.3 Å². The van der Waals surface area contributed by atoms with Gasteiger partial charge in [-0.3, -0.25) is 5.10 Å². The molecule has 0 unspecified atom stereocenters. The number of nitrogens with two attached hydrogens (primary N) is 3. The van der Waals surface area contributed by atoms with Crippen molar-refractivity contribution < 1.29 is 37.7 Å². The summed E-state index contributed by atoms with van der Waals surface area (Å²) in [6.07, 6.45) is 2.96. The van der Waals surface area contributed by atoms with Crippen LogP contribution in [0.4, 0.5) is 0 Å². The Balaban J connectivity index is 0.00000324. The van der Waals surface area contributed by atoms with E-state index in [2.05, 4.69) is 30.7 Å². The number of guanidine groups is 2. The zero-order valence-corrected chi connectivity index (χ0v) is 12.0. The van der Waals surface area contributed by atoms with Crippen molar-refractivity contribution in [1.82, 2.24) is 4.98 Å². The van der Waals surface area contributed by atoms with Crippen molar-refractivity contribution in [2.24, 2.45) is 37.6 Å². The third-order valence-corrected chi connectivity index (χ3v) is 1.69. The van der Waals surface area contributed by atoms with Gasteiger partial charge in [-0.2, -0.15) is 5.10 Å². The molecular weight excluding hydrogens is 399 g/mol. The first-order valence-corrected chi connectivity index (χ1v) is 4.89. The van der Waals surface area contributed by atoms with Gasteiger partial charge in [0.05, 0.1) is 23.8 Å². The number of hydrogen-bond acceptors (Lipinski definition) is 4. The molecule has 1 rings (SSSR count). The average molecular weight is 413 g/mol. The van der Waals surface area contributed by atoms with E-state index in [9.17, 15) is 0 Å². The maximum Gasteiger partial charge on any atom is 0.211 e. The van der Waals surface area contributed by atoms with E-state index in [1.165, 1.54) is 19.5 Å². The zero-order valence-electron chi connectivity index (χ0n) is 10.1. The van der Waals surface area contributed by atoms with E-state index in [-0.39, 0.29) is 49.7 Å². The molecule has 0 aliphatic heterocycles. The molecule has 0 fully saturated rings. The van der Waals surface area contributed by atoms with E-state index in [0.717, 1.165) is 11.4 Å². The molecule has 1 radical (unpaired) electrons.